The molecule has 1 atom stereocenters. The number of nitrogens with zero attached hydrogens (tertiary/aromatic N) is 3. The largest absolute Gasteiger partial charge is 0.495 e. The maximum Gasteiger partial charge on any atom is 0.274 e. The van der Waals surface area contributed by atoms with E-state index in [1.54, 1.807) is 36.5 Å². The van der Waals surface area contributed by atoms with E-state index >= 15 is 0 Å². The highest BCUT2D eigenvalue weighted by molar-refractivity contribution is 6.32. The van der Waals surface area contributed by atoms with Crippen LogP contribution < -0.4 is 10.1 Å². The molecular formula is C26H27ClN4O4. The van der Waals surface area contributed by atoms with Gasteiger partial charge >= 0.3 is 0 Å². The van der Waals surface area contributed by atoms with E-state index in [4.69, 9.17) is 21.1 Å². The number of rotatable bonds is 5. The number of carbonyl (C=O) groups excluding carboxylic acids is 2. The van der Waals surface area contributed by atoms with Crippen LogP contribution >= 0.6 is 11.6 Å². The Morgan fingerprint density at radius 1 is 1.14 bits per heavy atom. The number of fused-ring (bicyclic) bond motifs is 1. The number of amides is 2. The van der Waals surface area contributed by atoms with Crippen molar-refractivity contribution in [2.45, 2.75) is 32.1 Å². The zero-order chi connectivity index (χ0) is 24.4. The summed E-state index contributed by atoms with van der Waals surface area (Å²) < 4.78 is 13.2. The summed E-state index contributed by atoms with van der Waals surface area (Å²) in [5.74, 6) is 0.198. The van der Waals surface area contributed by atoms with Crippen LogP contribution in [0.2, 0.25) is 5.02 Å². The third-order valence-corrected chi connectivity index (χ3v) is 6.97. The molecule has 0 aliphatic carbocycles. The molecule has 2 amide bonds. The highest BCUT2D eigenvalue weighted by atomic mass is 35.5. The van der Waals surface area contributed by atoms with Crippen molar-refractivity contribution in [3.05, 3.63) is 76.8 Å². The summed E-state index contributed by atoms with van der Waals surface area (Å²) in [6.45, 7) is 1.96. The van der Waals surface area contributed by atoms with Crippen LogP contribution in [0.25, 0.3) is 0 Å². The molecule has 2 aliphatic rings. The van der Waals surface area contributed by atoms with Crippen LogP contribution in [-0.2, 0) is 22.7 Å². The molecule has 9 heteroatoms. The summed E-state index contributed by atoms with van der Waals surface area (Å²) in [7, 11) is 1.54. The molecule has 1 N–H and O–H groups in total. The van der Waals surface area contributed by atoms with Crippen molar-refractivity contribution in [2.24, 2.45) is 5.92 Å². The number of imidazole rings is 1. The summed E-state index contributed by atoms with van der Waals surface area (Å²) in [5.41, 5.74) is 2.97. The molecule has 5 rings (SSSR count). The lowest BCUT2D eigenvalue weighted by atomic mass is 9.95. The van der Waals surface area contributed by atoms with E-state index in [0.717, 1.165) is 11.3 Å². The van der Waals surface area contributed by atoms with Gasteiger partial charge in [0.05, 0.1) is 37.3 Å². The van der Waals surface area contributed by atoms with E-state index in [0.29, 0.717) is 61.2 Å². The van der Waals surface area contributed by atoms with Crippen molar-refractivity contribution >= 4 is 29.1 Å². The van der Waals surface area contributed by atoms with Crippen LogP contribution in [0.15, 0.2) is 54.9 Å². The molecule has 3 heterocycles. The predicted octanol–water partition coefficient (Wildman–Crippen LogP) is 4.31. The van der Waals surface area contributed by atoms with Crippen molar-refractivity contribution in [2.75, 3.05) is 25.5 Å². The second kappa shape index (κ2) is 10.1. The molecular weight excluding hydrogens is 468 g/mol. The van der Waals surface area contributed by atoms with Gasteiger partial charge in [0.25, 0.3) is 5.91 Å². The van der Waals surface area contributed by atoms with Crippen molar-refractivity contribution in [1.29, 1.82) is 0 Å². The first-order valence-electron chi connectivity index (χ1n) is 11.7. The summed E-state index contributed by atoms with van der Waals surface area (Å²) in [5, 5.41) is 3.36. The number of benzene rings is 2. The first-order valence-corrected chi connectivity index (χ1v) is 12.1. The van der Waals surface area contributed by atoms with E-state index in [-0.39, 0.29) is 23.8 Å². The minimum atomic E-state index is -0.175. The van der Waals surface area contributed by atoms with Crippen LogP contribution in [0.1, 0.15) is 40.7 Å². The summed E-state index contributed by atoms with van der Waals surface area (Å²) >= 11 is 6.15. The van der Waals surface area contributed by atoms with Gasteiger partial charge in [-0.2, -0.15) is 0 Å². The Morgan fingerprint density at radius 3 is 2.63 bits per heavy atom. The molecule has 0 radical (unpaired) electrons. The zero-order valence-corrected chi connectivity index (χ0v) is 20.2. The lowest BCUT2D eigenvalue weighted by Gasteiger charge is -2.31. The number of hydrogen-bond acceptors (Lipinski definition) is 5. The summed E-state index contributed by atoms with van der Waals surface area (Å²) in [6, 6.07) is 15.2. The van der Waals surface area contributed by atoms with Gasteiger partial charge in [0, 0.05) is 24.7 Å². The zero-order valence-electron chi connectivity index (χ0n) is 19.4. The fourth-order valence-corrected chi connectivity index (χ4v) is 4.92. The number of halogens is 1. The molecule has 182 valence electrons. The number of carbonyl (C=O) groups is 2. The van der Waals surface area contributed by atoms with Gasteiger partial charge in [-0.1, -0.05) is 41.9 Å². The fraction of sp³-hybridized carbons (Fsp3) is 0.346. The number of piperidine rings is 1. The van der Waals surface area contributed by atoms with Gasteiger partial charge in [-0.25, -0.2) is 4.98 Å². The number of anilines is 1. The maximum atomic E-state index is 13.2. The van der Waals surface area contributed by atoms with Crippen LogP contribution in [0.4, 0.5) is 5.69 Å². The Labute approximate surface area is 208 Å². The van der Waals surface area contributed by atoms with Gasteiger partial charge in [-0.3, -0.25) is 9.59 Å². The summed E-state index contributed by atoms with van der Waals surface area (Å²) in [6.07, 6.45) is 2.84. The van der Waals surface area contributed by atoms with Crippen molar-refractivity contribution < 1.29 is 19.1 Å². The molecule has 2 aliphatic heterocycles. The minimum absolute atomic E-state index is 0.0595. The van der Waals surface area contributed by atoms with Crippen molar-refractivity contribution in [1.82, 2.24) is 14.5 Å². The monoisotopic (exact) mass is 494 g/mol. The number of hydrogen-bond donors (Lipinski definition) is 1. The van der Waals surface area contributed by atoms with Crippen LogP contribution in [-0.4, -0.2) is 46.5 Å². The topological polar surface area (TPSA) is 85.7 Å². The van der Waals surface area contributed by atoms with Crippen LogP contribution in [0, 0.1) is 5.92 Å². The van der Waals surface area contributed by atoms with E-state index in [1.807, 2.05) is 34.9 Å². The lowest BCUT2D eigenvalue weighted by Crippen LogP contribution is -2.42. The number of likely N-dealkylation sites (tertiary alicyclic amines) is 1. The molecule has 0 spiro atoms. The van der Waals surface area contributed by atoms with Gasteiger partial charge in [0.2, 0.25) is 5.91 Å². The van der Waals surface area contributed by atoms with Crippen molar-refractivity contribution in [3.63, 3.8) is 0 Å². The molecule has 0 saturated carbocycles. The van der Waals surface area contributed by atoms with Gasteiger partial charge in [-0.05, 0) is 36.6 Å². The Hall–Kier alpha value is -3.36. The van der Waals surface area contributed by atoms with E-state index in [2.05, 4.69) is 10.3 Å². The normalized spacial score (nSPS) is 18.1. The van der Waals surface area contributed by atoms with Crippen molar-refractivity contribution in [3.8, 4) is 5.75 Å². The molecule has 8 nitrogen and oxygen atoms in total. The van der Waals surface area contributed by atoms with Crippen LogP contribution in [0.3, 0.4) is 0 Å². The standard InChI is InChI=1S/C26H27ClN4O4/c1-34-22-8-7-19(13-20(22)27)29-25(32)18-9-11-30(12-10-18)26(33)24-21-15-35-23(14-31(21)16-28-24)17-5-3-2-4-6-17/h2-8,13,16,18,23H,9-12,14-15H2,1H3,(H,29,32)/t23-/m0/s1. The fourth-order valence-electron chi connectivity index (χ4n) is 4.66. The van der Waals surface area contributed by atoms with Gasteiger partial charge in [0.15, 0.2) is 5.69 Å². The quantitative estimate of drug-likeness (QED) is 0.571. The first-order chi connectivity index (χ1) is 17.0. The second-order valence-corrected chi connectivity index (χ2v) is 9.21. The van der Waals surface area contributed by atoms with Crippen LogP contribution in [0.5, 0.6) is 5.75 Å². The Morgan fingerprint density at radius 2 is 1.91 bits per heavy atom. The molecule has 0 unspecified atom stereocenters. The lowest BCUT2D eigenvalue weighted by molar-refractivity contribution is -0.121. The van der Waals surface area contributed by atoms with E-state index < -0.39 is 0 Å². The Bertz CT molecular complexity index is 1220. The maximum absolute atomic E-state index is 13.2. The SMILES string of the molecule is COc1ccc(NC(=O)C2CCN(C(=O)c3ncn4c3CO[C@H](c3ccccc3)C4)CC2)cc1Cl. The molecule has 2 aromatic carbocycles. The van der Waals surface area contributed by atoms with E-state index in [1.165, 1.54) is 0 Å². The molecule has 35 heavy (non-hydrogen) atoms. The number of ether oxygens (including phenoxy) is 2. The minimum Gasteiger partial charge on any atom is -0.495 e. The number of aromatic nitrogens is 2. The third kappa shape index (κ3) is 4.90. The molecule has 3 aromatic rings. The molecule has 0 bridgehead atoms. The highest BCUT2D eigenvalue weighted by Crippen LogP contribution is 2.30. The van der Waals surface area contributed by atoms with Gasteiger partial charge < -0.3 is 24.3 Å². The molecule has 1 fully saturated rings. The highest BCUT2D eigenvalue weighted by Gasteiger charge is 2.32. The average Bonchev–Trinajstić information content (AvgIpc) is 3.32. The third-order valence-electron chi connectivity index (χ3n) is 6.68. The Balaban J connectivity index is 1.18. The van der Waals surface area contributed by atoms with Gasteiger partial charge in [-0.15, -0.1) is 0 Å². The Kier molecular flexibility index (Phi) is 6.74. The average molecular weight is 495 g/mol. The number of nitrogens with one attached hydrogen (secondary N) is 1. The smallest absolute Gasteiger partial charge is 0.274 e. The second-order valence-electron chi connectivity index (χ2n) is 8.81. The summed E-state index contributed by atoms with van der Waals surface area (Å²) in [4.78, 5) is 32.2. The van der Waals surface area contributed by atoms with Gasteiger partial charge in [0.1, 0.15) is 11.9 Å². The first kappa shape index (κ1) is 23.4. The molecule has 1 aromatic heterocycles. The molecule has 1 saturated heterocycles. The number of methoxy groups -OCH3 is 1. The predicted molar refractivity (Wildman–Crippen MR) is 131 cm³/mol. The van der Waals surface area contributed by atoms with E-state index in [9.17, 15) is 9.59 Å².